The van der Waals surface area contributed by atoms with Gasteiger partial charge in [0.2, 0.25) is 5.91 Å². The number of carbonyl (C=O) groups is 2. The van der Waals surface area contributed by atoms with Crippen LogP contribution in [0.25, 0.3) is 0 Å². The molecule has 0 aliphatic heterocycles. The molecule has 0 N–H and O–H groups in total. The predicted octanol–water partition coefficient (Wildman–Crippen LogP) is 4.37. The minimum absolute atomic E-state index is 0.0958. The molecule has 1 aromatic rings. The van der Waals surface area contributed by atoms with E-state index in [4.69, 9.17) is 4.74 Å². The van der Waals surface area contributed by atoms with Crippen LogP contribution in [0.2, 0.25) is 0 Å². The van der Waals surface area contributed by atoms with Crippen LogP contribution in [0, 0.1) is 17.7 Å². The molecule has 0 spiro atoms. The molecule has 1 fully saturated rings. The lowest BCUT2D eigenvalue weighted by Crippen LogP contribution is -2.38. The summed E-state index contributed by atoms with van der Waals surface area (Å²) in [5.41, 5.74) is 0.979. The van der Waals surface area contributed by atoms with E-state index >= 15 is 0 Å². The zero-order chi connectivity index (χ0) is 19.6. The lowest BCUT2D eigenvalue weighted by Gasteiger charge is -2.27. The summed E-state index contributed by atoms with van der Waals surface area (Å²) in [6, 6.07) is 6.34. The van der Waals surface area contributed by atoms with Crippen molar-refractivity contribution in [3.05, 3.63) is 35.6 Å². The molecule has 1 saturated carbocycles. The third kappa shape index (κ3) is 7.31. The SMILES string of the molecule is COC(=O)C(C)CN(CCc1ccc(F)cc1)C(=O)CCC1CCCCC1. The Balaban J connectivity index is 1.93. The van der Waals surface area contributed by atoms with Gasteiger partial charge in [0.1, 0.15) is 5.82 Å². The Morgan fingerprint density at radius 3 is 2.48 bits per heavy atom. The fraction of sp³-hybridized carbons (Fsp3) is 0.636. The van der Waals surface area contributed by atoms with Crippen LogP contribution < -0.4 is 0 Å². The van der Waals surface area contributed by atoms with E-state index < -0.39 is 0 Å². The number of benzene rings is 1. The molecule has 5 heteroatoms. The highest BCUT2D eigenvalue weighted by molar-refractivity contribution is 5.78. The first-order chi connectivity index (χ1) is 13.0. The first-order valence-electron chi connectivity index (χ1n) is 10.1. The van der Waals surface area contributed by atoms with Crippen molar-refractivity contribution in [1.82, 2.24) is 4.90 Å². The zero-order valence-corrected chi connectivity index (χ0v) is 16.6. The van der Waals surface area contributed by atoms with Gasteiger partial charge >= 0.3 is 5.97 Å². The van der Waals surface area contributed by atoms with Gasteiger partial charge < -0.3 is 9.64 Å². The predicted molar refractivity (Wildman–Crippen MR) is 104 cm³/mol. The van der Waals surface area contributed by atoms with Gasteiger partial charge in [-0.25, -0.2) is 4.39 Å². The minimum Gasteiger partial charge on any atom is -0.469 e. The second kappa shape index (κ2) is 11.1. The monoisotopic (exact) mass is 377 g/mol. The van der Waals surface area contributed by atoms with Crippen LogP contribution in [0.1, 0.15) is 57.4 Å². The van der Waals surface area contributed by atoms with E-state index in [0.29, 0.717) is 31.8 Å². The Hall–Kier alpha value is -1.91. The number of hydrogen-bond acceptors (Lipinski definition) is 3. The molecule has 1 aliphatic carbocycles. The Bertz CT molecular complexity index is 596. The van der Waals surface area contributed by atoms with Crippen molar-refractivity contribution in [3.63, 3.8) is 0 Å². The quantitative estimate of drug-likeness (QED) is 0.601. The lowest BCUT2D eigenvalue weighted by atomic mass is 9.86. The Labute approximate surface area is 162 Å². The fourth-order valence-corrected chi connectivity index (χ4v) is 3.80. The van der Waals surface area contributed by atoms with Crippen molar-refractivity contribution in [3.8, 4) is 0 Å². The third-order valence-corrected chi connectivity index (χ3v) is 5.53. The topological polar surface area (TPSA) is 46.6 Å². The lowest BCUT2D eigenvalue weighted by molar-refractivity contribution is -0.146. The van der Waals surface area contributed by atoms with Crippen molar-refractivity contribution in [1.29, 1.82) is 0 Å². The van der Waals surface area contributed by atoms with Gasteiger partial charge in [-0.3, -0.25) is 9.59 Å². The van der Waals surface area contributed by atoms with Crippen LogP contribution in [-0.4, -0.2) is 37.0 Å². The van der Waals surface area contributed by atoms with Gasteiger partial charge in [0.25, 0.3) is 0 Å². The molecule has 1 atom stereocenters. The standard InChI is InChI=1S/C22H32FNO3/c1-17(22(26)27-2)16-24(15-14-19-8-11-20(23)12-9-19)21(25)13-10-18-6-4-3-5-7-18/h8-9,11-12,17-18H,3-7,10,13-16H2,1-2H3. The van der Waals surface area contributed by atoms with Crippen LogP contribution in [-0.2, 0) is 20.7 Å². The Morgan fingerprint density at radius 1 is 1.19 bits per heavy atom. The van der Waals surface area contributed by atoms with Gasteiger partial charge in [0.05, 0.1) is 13.0 Å². The van der Waals surface area contributed by atoms with E-state index in [1.807, 2.05) is 0 Å². The largest absolute Gasteiger partial charge is 0.469 e. The van der Waals surface area contributed by atoms with E-state index in [1.165, 1.54) is 51.3 Å². The van der Waals surface area contributed by atoms with E-state index in [2.05, 4.69) is 0 Å². The molecule has 1 amide bonds. The first kappa shape index (κ1) is 21.4. The van der Waals surface area contributed by atoms with Gasteiger partial charge in [-0.05, 0) is 36.5 Å². The molecule has 1 unspecified atom stereocenters. The number of carbonyl (C=O) groups excluding carboxylic acids is 2. The Kier molecular flexibility index (Phi) is 8.76. The van der Waals surface area contributed by atoms with Crippen molar-refractivity contribution >= 4 is 11.9 Å². The molecule has 0 bridgehead atoms. The van der Waals surface area contributed by atoms with Crippen LogP contribution in [0.4, 0.5) is 4.39 Å². The molecule has 0 heterocycles. The third-order valence-electron chi connectivity index (χ3n) is 5.53. The van der Waals surface area contributed by atoms with E-state index in [0.717, 1.165) is 12.0 Å². The minimum atomic E-state index is -0.359. The number of rotatable bonds is 9. The van der Waals surface area contributed by atoms with Crippen LogP contribution in [0.5, 0.6) is 0 Å². The molecular formula is C22H32FNO3. The van der Waals surface area contributed by atoms with Gasteiger partial charge in [-0.2, -0.15) is 0 Å². The molecule has 150 valence electrons. The van der Waals surface area contributed by atoms with Crippen LogP contribution >= 0.6 is 0 Å². The second-order valence-corrected chi connectivity index (χ2v) is 7.68. The normalized spacial score (nSPS) is 16.0. The van der Waals surface area contributed by atoms with E-state index in [1.54, 1.807) is 24.0 Å². The average Bonchev–Trinajstić information content (AvgIpc) is 2.70. The number of halogens is 1. The first-order valence-corrected chi connectivity index (χ1v) is 10.1. The second-order valence-electron chi connectivity index (χ2n) is 7.68. The summed E-state index contributed by atoms with van der Waals surface area (Å²) in [5, 5.41) is 0. The van der Waals surface area contributed by atoms with Crippen molar-refractivity contribution < 1.29 is 18.7 Å². The maximum atomic E-state index is 13.1. The zero-order valence-electron chi connectivity index (χ0n) is 16.6. The molecule has 2 rings (SSSR count). The summed E-state index contributed by atoms with van der Waals surface area (Å²) in [4.78, 5) is 26.4. The van der Waals surface area contributed by atoms with Crippen LogP contribution in [0.15, 0.2) is 24.3 Å². The molecular weight excluding hydrogens is 345 g/mol. The highest BCUT2D eigenvalue weighted by atomic mass is 19.1. The number of nitrogens with zero attached hydrogens (tertiary/aromatic N) is 1. The molecule has 1 aromatic carbocycles. The fourth-order valence-electron chi connectivity index (χ4n) is 3.80. The number of amides is 1. The van der Waals surface area contributed by atoms with Crippen molar-refractivity contribution in [2.75, 3.05) is 20.2 Å². The van der Waals surface area contributed by atoms with Gasteiger partial charge in [0, 0.05) is 19.5 Å². The average molecular weight is 378 g/mol. The van der Waals surface area contributed by atoms with Gasteiger partial charge in [-0.1, -0.05) is 51.2 Å². The number of ether oxygens (including phenoxy) is 1. The number of hydrogen-bond donors (Lipinski definition) is 0. The summed E-state index contributed by atoms with van der Waals surface area (Å²) in [6.07, 6.45) is 8.40. The van der Waals surface area contributed by atoms with Gasteiger partial charge in [0.15, 0.2) is 0 Å². The van der Waals surface area contributed by atoms with E-state index in [-0.39, 0.29) is 23.6 Å². The molecule has 0 aromatic heterocycles. The highest BCUT2D eigenvalue weighted by Gasteiger charge is 2.23. The number of methoxy groups -OCH3 is 1. The molecule has 0 radical (unpaired) electrons. The molecule has 27 heavy (non-hydrogen) atoms. The summed E-state index contributed by atoms with van der Waals surface area (Å²) >= 11 is 0. The Morgan fingerprint density at radius 2 is 1.85 bits per heavy atom. The summed E-state index contributed by atoms with van der Waals surface area (Å²) in [6.45, 7) is 2.67. The molecule has 4 nitrogen and oxygen atoms in total. The summed E-state index contributed by atoms with van der Waals surface area (Å²) in [5.74, 6) is -0.180. The van der Waals surface area contributed by atoms with E-state index in [9.17, 15) is 14.0 Å². The summed E-state index contributed by atoms with van der Waals surface area (Å²) in [7, 11) is 1.37. The maximum absolute atomic E-state index is 13.1. The molecule has 1 aliphatic rings. The smallest absolute Gasteiger partial charge is 0.310 e. The summed E-state index contributed by atoms with van der Waals surface area (Å²) < 4.78 is 17.9. The van der Waals surface area contributed by atoms with Crippen LogP contribution in [0.3, 0.4) is 0 Å². The molecule has 0 saturated heterocycles. The highest BCUT2D eigenvalue weighted by Crippen LogP contribution is 2.27. The number of esters is 1. The maximum Gasteiger partial charge on any atom is 0.310 e. The van der Waals surface area contributed by atoms with Crippen molar-refractivity contribution in [2.24, 2.45) is 11.8 Å². The van der Waals surface area contributed by atoms with Crippen molar-refractivity contribution in [2.45, 2.75) is 58.3 Å². The van der Waals surface area contributed by atoms with Gasteiger partial charge in [-0.15, -0.1) is 0 Å².